The third kappa shape index (κ3) is 4.05. The summed E-state index contributed by atoms with van der Waals surface area (Å²) in [5.41, 5.74) is 1.95. The van der Waals surface area contributed by atoms with E-state index >= 15 is 0 Å². The average Bonchev–Trinajstić information content (AvgIpc) is 3.10. The fraction of sp³-hybridized carbons (Fsp3) is 0.368. The third-order valence-corrected chi connectivity index (χ3v) is 4.51. The largest absolute Gasteiger partial charge is 0.366 e. The Bertz CT molecular complexity index is 833. The molecule has 0 saturated carbocycles. The molecule has 1 N–H and O–H groups in total. The topological polar surface area (TPSA) is 80.0 Å². The molecule has 1 saturated heterocycles. The molecule has 1 atom stereocenters. The Morgan fingerprint density at radius 2 is 2.19 bits per heavy atom. The Kier molecular flexibility index (Phi) is 4.88. The monoisotopic (exact) mass is 350 g/mol. The Hall–Kier alpha value is -2.80. The van der Waals surface area contributed by atoms with E-state index in [0.717, 1.165) is 43.1 Å². The Balaban J connectivity index is 1.36. The molecule has 7 heteroatoms. The van der Waals surface area contributed by atoms with Crippen molar-refractivity contribution in [2.75, 3.05) is 18.4 Å². The van der Waals surface area contributed by atoms with E-state index in [1.54, 1.807) is 13.1 Å². The SMILES string of the molecule is Cc1noc(-c2ccc(N[C@@H]3CCCN(Cc4ccccn4)C3)nc2)n1. The molecule has 1 aliphatic rings. The summed E-state index contributed by atoms with van der Waals surface area (Å²) in [6, 6.07) is 10.4. The number of pyridine rings is 2. The average molecular weight is 350 g/mol. The van der Waals surface area contributed by atoms with Crippen LogP contribution in [-0.2, 0) is 6.54 Å². The lowest BCUT2D eigenvalue weighted by Gasteiger charge is -2.33. The lowest BCUT2D eigenvalue weighted by atomic mass is 10.1. The quantitative estimate of drug-likeness (QED) is 0.758. The van der Waals surface area contributed by atoms with Crippen molar-refractivity contribution in [3.63, 3.8) is 0 Å². The van der Waals surface area contributed by atoms with Crippen LogP contribution in [0.15, 0.2) is 47.2 Å². The molecule has 7 nitrogen and oxygen atoms in total. The van der Waals surface area contributed by atoms with Gasteiger partial charge in [0.1, 0.15) is 5.82 Å². The zero-order chi connectivity index (χ0) is 17.8. The Morgan fingerprint density at radius 1 is 1.23 bits per heavy atom. The summed E-state index contributed by atoms with van der Waals surface area (Å²) in [6.07, 6.45) is 5.93. The number of likely N-dealkylation sites (tertiary alicyclic amines) is 1. The number of nitrogens with zero attached hydrogens (tertiary/aromatic N) is 5. The van der Waals surface area contributed by atoms with E-state index in [1.807, 2.05) is 30.5 Å². The molecule has 0 spiro atoms. The van der Waals surface area contributed by atoms with Gasteiger partial charge in [-0.3, -0.25) is 9.88 Å². The second-order valence-electron chi connectivity index (χ2n) is 6.62. The normalized spacial score (nSPS) is 18.0. The lowest BCUT2D eigenvalue weighted by molar-refractivity contribution is 0.206. The molecule has 3 aromatic heterocycles. The van der Waals surface area contributed by atoms with Crippen LogP contribution in [0.25, 0.3) is 11.5 Å². The van der Waals surface area contributed by atoms with Crippen LogP contribution in [0, 0.1) is 6.92 Å². The minimum absolute atomic E-state index is 0.386. The smallest absolute Gasteiger partial charge is 0.259 e. The molecule has 0 amide bonds. The van der Waals surface area contributed by atoms with E-state index in [4.69, 9.17) is 4.52 Å². The molecule has 26 heavy (non-hydrogen) atoms. The van der Waals surface area contributed by atoms with E-state index in [-0.39, 0.29) is 0 Å². The molecular weight excluding hydrogens is 328 g/mol. The number of aromatic nitrogens is 4. The van der Waals surface area contributed by atoms with E-state index < -0.39 is 0 Å². The molecule has 0 bridgehead atoms. The standard InChI is InChI=1S/C19H22N6O/c1-14-22-19(26-24-14)15-7-8-18(21-11-15)23-17-6-4-10-25(13-17)12-16-5-2-3-9-20-16/h2-3,5,7-9,11,17H,4,6,10,12-13H2,1H3,(H,21,23)/t17-/m1/s1. The minimum Gasteiger partial charge on any atom is -0.366 e. The van der Waals surface area contributed by atoms with Crippen molar-refractivity contribution in [3.8, 4) is 11.5 Å². The number of hydrogen-bond acceptors (Lipinski definition) is 7. The first kappa shape index (κ1) is 16.7. The van der Waals surface area contributed by atoms with Gasteiger partial charge in [0.05, 0.1) is 11.3 Å². The predicted molar refractivity (Wildman–Crippen MR) is 98.4 cm³/mol. The summed E-state index contributed by atoms with van der Waals surface area (Å²) in [5.74, 6) is 1.99. The van der Waals surface area contributed by atoms with E-state index in [1.165, 1.54) is 6.42 Å². The fourth-order valence-corrected chi connectivity index (χ4v) is 3.27. The first-order valence-corrected chi connectivity index (χ1v) is 8.92. The fourth-order valence-electron chi connectivity index (χ4n) is 3.27. The van der Waals surface area contributed by atoms with Crippen LogP contribution in [0.4, 0.5) is 5.82 Å². The van der Waals surface area contributed by atoms with Crippen molar-refractivity contribution < 1.29 is 4.52 Å². The number of aryl methyl sites for hydroxylation is 1. The molecule has 3 aromatic rings. The molecule has 0 aliphatic carbocycles. The molecule has 0 radical (unpaired) electrons. The summed E-state index contributed by atoms with van der Waals surface area (Å²) in [4.78, 5) is 15.6. The maximum atomic E-state index is 5.18. The van der Waals surface area contributed by atoms with Gasteiger partial charge in [-0.15, -0.1) is 0 Å². The van der Waals surface area contributed by atoms with Crippen molar-refractivity contribution in [1.82, 2.24) is 25.0 Å². The minimum atomic E-state index is 0.386. The summed E-state index contributed by atoms with van der Waals surface area (Å²) in [7, 11) is 0. The molecule has 0 unspecified atom stereocenters. The highest BCUT2D eigenvalue weighted by atomic mass is 16.5. The predicted octanol–water partition coefficient (Wildman–Crippen LogP) is 2.91. The number of hydrogen-bond donors (Lipinski definition) is 1. The van der Waals surface area contributed by atoms with Gasteiger partial charge in [0.25, 0.3) is 5.89 Å². The van der Waals surface area contributed by atoms with Crippen LogP contribution in [0.2, 0.25) is 0 Å². The van der Waals surface area contributed by atoms with Crippen molar-refractivity contribution >= 4 is 5.82 Å². The molecule has 0 aromatic carbocycles. The van der Waals surface area contributed by atoms with E-state index in [2.05, 4.69) is 36.4 Å². The Labute approximate surface area is 152 Å². The van der Waals surface area contributed by atoms with Crippen LogP contribution in [0.3, 0.4) is 0 Å². The molecule has 134 valence electrons. The Morgan fingerprint density at radius 3 is 2.92 bits per heavy atom. The van der Waals surface area contributed by atoms with Crippen molar-refractivity contribution in [2.24, 2.45) is 0 Å². The van der Waals surface area contributed by atoms with Gasteiger partial charge in [-0.05, 0) is 50.6 Å². The van der Waals surface area contributed by atoms with Gasteiger partial charge in [-0.2, -0.15) is 4.98 Å². The lowest BCUT2D eigenvalue weighted by Crippen LogP contribution is -2.41. The van der Waals surface area contributed by atoms with E-state index in [9.17, 15) is 0 Å². The number of anilines is 1. The number of rotatable bonds is 5. The van der Waals surface area contributed by atoms with Crippen LogP contribution in [0.1, 0.15) is 24.4 Å². The second-order valence-corrected chi connectivity index (χ2v) is 6.62. The summed E-state index contributed by atoms with van der Waals surface area (Å²) in [5, 5.41) is 7.35. The van der Waals surface area contributed by atoms with Crippen molar-refractivity contribution in [1.29, 1.82) is 0 Å². The maximum absolute atomic E-state index is 5.18. The zero-order valence-corrected chi connectivity index (χ0v) is 14.8. The molecule has 4 heterocycles. The van der Waals surface area contributed by atoms with Gasteiger partial charge >= 0.3 is 0 Å². The van der Waals surface area contributed by atoms with Crippen LogP contribution in [0.5, 0.6) is 0 Å². The van der Waals surface area contributed by atoms with Crippen LogP contribution in [-0.4, -0.2) is 44.1 Å². The highest BCUT2D eigenvalue weighted by molar-refractivity contribution is 5.54. The molecule has 1 aliphatic heterocycles. The highest BCUT2D eigenvalue weighted by Gasteiger charge is 2.20. The zero-order valence-electron chi connectivity index (χ0n) is 14.8. The molecular formula is C19H22N6O. The van der Waals surface area contributed by atoms with Gasteiger partial charge in [-0.1, -0.05) is 11.2 Å². The third-order valence-electron chi connectivity index (χ3n) is 4.51. The van der Waals surface area contributed by atoms with Gasteiger partial charge in [-0.25, -0.2) is 4.98 Å². The molecule has 4 rings (SSSR count). The van der Waals surface area contributed by atoms with Gasteiger partial charge < -0.3 is 9.84 Å². The number of piperidine rings is 1. The van der Waals surface area contributed by atoms with Crippen LogP contribution >= 0.6 is 0 Å². The summed E-state index contributed by atoms with van der Waals surface area (Å²) < 4.78 is 5.18. The summed E-state index contributed by atoms with van der Waals surface area (Å²) >= 11 is 0. The van der Waals surface area contributed by atoms with Gasteiger partial charge in [0, 0.05) is 31.5 Å². The maximum Gasteiger partial charge on any atom is 0.259 e. The first-order chi connectivity index (χ1) is 12.8. The van der Waals surface area contributed by atoms with E-state index in [0.29, 0.717) is 17.8 Å². The van der Waals surface area contributed by atoms with Crippen molar-refractivity contribution in [3.05, 3.63) is 54.2 Å². The van der Waals surface area contributed by atoms with Crippen LogP contribution < -0.4 is 5.32 Å². The van der Waals surface area contributed by atoms with Gasteiger partial charge in [0.2, 0.25) is 0 Å². The molecule has 1 fully saturated rings. The number of nitrogens with one attached hydrogen (secondary N) is 1. The van der Waals surface area contributed by atoms with Crippen molar-refractivity contribution in [2.45, 2.75) is 32.4 Å². The highest BCUT2D eigenvalue weighted by Crippen LogP contribution is 2.20. The first-order valence-electron chi connectivity index (χ1n) is 8.92. The second kappa shape index (κ2) is 7.61. The van der Waals surface area contributed by atoms with Gasteiger partial charge in [0.15, 0.2) is 5.82 Å². The summed E-state index contributed by atoms with van der Waals surface area (Å²) in [6.45, 7) is 4.79.